The van der Waals surface area contributed by atoms with Gasteiger partial charge in [-0.1, -0.05) is 63.7 Å². The van der Waals surface area contributed by atoms with Gasteiger partial charge in [-0.25, -0.2) is 9.13 Å². The molecule has 2 aliphatic heterocycles. The molecule has 0 unspecified atom stereocenters. The van der Waals surface area contributed by atoms with Crippen molar-refractivity contribution < 1.29 is 31.5 Å². The van der Waals surface area contributed by atoms with Crippen LogP contribution in [0.15, 0.2) is 0 Å². The van der Waals surface area contributed by atoms with Crippen molar-refractivity contribution in [1.82, 2.24) is 0 Å². The molecule has 13 heteroatoms. The number of halogens is 4. The molecule has 0 saturated carbocycles. The van der Waals surface area contributed by atoms with Gasteiger partial charge < -0.3 is 0 Å². The molecule has 0 radical (unpaired) electrons. The van der Waals surface area contributed by atoms with Crippen LogP contribution in [0.4, 0.5) is 0 Å². The minimum Gasteiger partial charge on any atom is -0.286 e. The quantitative estimate of drug-likeness (QED) is 0.307. The molecule has 2 saturated heterocycles. The molecule has 2 fully saturated rings. The Morgan fingerprint density at radius 1 is 0.696 bits per heavy atom. The van der Waals surface area contributed by atoms with Crippen LogP contribution >= 0.6 is 79.4 Å². The van der Waals surface area contributed by atoms with E-state index in [1.54, 1.807) is 0 Å². The lowest BCUT2D eigenvalue weighted by atomic mass is 9.96. The standard InChI is InChI=1S/C10H16Br4O7P2/c11-1-9(2-12)5-17-22(15,18-6-9)21-23(16)19-7-10(3-13,4-14)8-20-23/h1-8H2. The van der Waals surface area contributed by atoms with Crippen molar-refractivity contribution in [2.75, 3.05) is 47.7 Å². The Morgan fingerprint density at radius 3 is 1.17 bits per heavy atom. The third kappa shape index (κ3) is 5.12. The van der Waals surface area contributed by atoms with Gasteiger partial charge in [-0.2, -0.15) is 4.31 Å². The first-order valence-electron chi connectivity index (χ1n) is 6.51. The zero-order chi connectivity index (χ0) is 17.2. The maximum Gasteiger partial charge on any atom is 0.483 e. The van der Waals surface area contributed by atoms with Gasteiger partial charge in [0.15, 0.2) is 0 Å². The number of rotatable bonds is 6. The summed E-state index contributed by atoms with van der Waals surface area (Å²) in [5.74, 6) is 0. The molecule has 0 aliphatic carbocycles. The normalized spacial score (nSPS) is 28.3. The van der Waals surface area contributed by atoms with Crippen molar-refractivity contribution in [1.29, 1.82) is 0 Å². The van der Waals surface area contributed by atoms with Gasteiger partial charge in [-0.05, 0) is 0 Å². The van der Waals surface area contributed by atoms with Gasteiger partial charge in [0.2, 0.25) is 0 Å². The molecule has 136 valence electrons. The molecule has 23 heavy (non-hydrogen) atoms. The van der Waals surface area contributed by atoms with Crippen molar-refractivity contribution in [3.8, 4) is 0 Å². The maximum atomic E-state index is 12.5. The van der Waals surface area contributed by atoms with E-state index in [0.29, 0.717) is 21.3 Å². The van der Waals surface area contributed by atoms with E-state index in [0.717, 1.165) is 0 Å². The zero-order valence-electron chi connectivity index (χ0n) is 11.9. The van der Waals surface area contributed by atoms with Crippen LogP contribution in [0.5, 0.6) is 0 Å². The van der Waals surface area contributed by atoms with Gasteiger partial charge in [0, 0.05) is 32.2 Å². The van der Waals surface area contributed by atoms with Gasteiger partial charge in [-0.3, -0.25) is 18.1 Å². The molecule has 7 nitrogen and oxygen atoms in total. The zero-order valence-corrected chi connectivity index (χ0v) is 20.1. The average molecular weight is 630 g/mol. The summed E-state index contributed by atoms with van der Waals surface area (Å²) < 4.78 is 50.9. The highest BCUT2D eigenvalue weighted by Crippen LogP contribution is 2.69. The first kappa shape index (κ1) is 21.5. The van der Waals surface area contributed by atoms with E-state index in [1.165, 1.54) is 0 Å². The Balaban J connectivity index is 1.98. The van der Waals surface area contributed by atoms with Crippen LogP contribution in [0, 0.1) is 10.8 Å². The Labute approximate surface area is 168 Å². The van der Waals surface area contributed by atoms with Crippen LogP contribution in [0.2, 0.25) is 0 Å². The monoisotopic (exact) mass is 626 g/mol. The largest absolute Gasteiger partial charge is 0.483 e. The maximum absolute atomic E-state index is 12.5. The molecule has 0 bridgehead atoms. The topological polar surface area (TPSA) is 80.3 Å². The van der Waals surface area contributed by atoms with Crippen molar-refractivity contribution in [2.24, 2.45) is 10.8 Å². The van der Waals surface area contributed by atoms with E-state index in [-0.39, 0.29) is 37.3 Å². The molecule has 0 amide bonds. The summed E-state index contributed by atoms with van der Waals surface area (Å²) >= 11 is 13.5. The second kappa shape index (κ2) is 8.46. The third-order valence-corrected chi connectivity index (χ3v) is 11.6. The minimum absolute atomic E-state index is 0.132. The second-order valence-corrected chi connectivity index (χ2v) is 11.3. The summed E-state index contributed by atoms with van der Waals surface area (Å²) in [6.45, 7) is 0.530. The lowest BCUT2D eigenvalue weighted by molar-refractivity contribution is -0.00560. The van der Waals surface area contributed by atoms with E-state index >= 15 is 0 Å². The highest BCUT2D eigenvalue weighted by atomic mass is 79.9. The first-order valence-corrected chi connectivity index (χ1v) is 13.9. The van der Waals surface area contributed by atoms with E-state index in [2.05, 4.69) is 63.7 Å². The fourth-order valence-electron chi connectivity index (χ4n) is 1.62. The van der Waals surface area contributed by atoms with E-state index in [1.807, 2.05) is 0 Å². The van der Waals surface area contributed by atoms with Crippen LogP contribution in [0.25, 0.3) is 0 Å². The van der Waals surface area contributed by atoms with Gasteiger partial charge in [-0.15, -0.1) is 0 Å². The highest BCUT2D eigenvalue weighted by Gasteiger charge is 2.51. The van der Waals surface area contributed by atoms with Crippen LogP contribution < -0.4 is 0 Å². The Bertz CT molecular complexity index is 439. The van der Waals surface area contributed by atoms with Crippen LogP contribution in [-0.2, 0) is 31.5 Å². The average Bonchev–Trinajstić information content (AvgIpc) is 2.57. The summed E-state index contributed by atoms with van der Waals surface area (Å²) in [7, 11) is -7.98. The molecule has 0 aromatic heterocycles. The number of hydrogen-bond acceptors (Lipinski definition) is 7. The van der Waals surface area contributed by atoms with Gasteiger partial charge >= 0.3 is 15.6 Å². The summed E-state index contributed by atoms with van der Waals surface area (Å²) in [6.07, 6.45) is 0. The molecule has 0 atom stereocenters. The Kier molecular flexibility index (Phi) is 7.90. The molecule has 0 spiro atoms. The SMILES string of the molecule is O=P1(OP2(=O)OCC(CBr)(CBr)CO2)OCC(CBr)(CBr)CO1. The number of phosphoric acid groups is 2. The molecule has 2 heterocycles. The summed E-state index contributed by atoms with van der Waals surface area (Å²) in [5, 5.41) is 2.37. The minimum atomic E-state index is -3.99. The van der Waals surface area contributed by atoms with Crippen LogP contribution in [0.3, 0.4) is 0 Å². The van der Waals surface area contributed by atoms with Crippen LogP contribution in [-0.4, -0.2) is 47.7 Å². The predicted octanol–water partition coefficient (Wildman–Crippen LogP) is 4.87. The van der Waals surface area contributed by atoms with E-state index < -0.39 is 15.6 Å². The molecule has 0 N–H and O–H groups in total. The summed E-state index contributed by atoms with van der Waals surface area (Å²) in [5.41, 5.74) is -0.720. The molecule has 0 aromatic rings. The van der Waals surface area contributed by atoms with Gasteiger partial charge in [0.25, 0.3) is 0 Å². The Hall–Kier alpha value is 2.18. The van der Waals surface area contributed by atoms with Gasteiger partial charge in [0.1, 0.15) is 0 Å². The predicted molar refractivity (Wildman–Crippen MR) is 100 cm³/mol. The van der Waals surface area contributed by atoms with E-state index in [9.17, 15) is 9.13 Å². The number of alkyl halides is 4. The fourth-order valence-corrected chi connectivity index (χ4v) is 8.38. The third-order valence-electron chi connectivity index (χ3n) is 3.45. The molecule has 0 aromatic carbocycles. The first-order chi connectivity index (χ1) is 10.8. The fraction of sp³-hybridized carbons (Fsp3) is 1.00. The van der Waals surface area contributed by atoms with E-state index in [4.69, 9.17) is 22.4 Å². The lowest BCUT2D eigenvalue weighted by Gasteiger charge is -2.39. The highest BCUT2D eigenvalue weighted by molar-refractivity contribution is 9.10. The second-order valence-electron chi connectivity index (χ2n) is 5.60. The number of phosphoric ester groups is 2. The molecule has 2 aliphatic rings. The van der Waals surface area contributed by atoms with Crippen molar-refractivity contribution in [3.05, 3.63) is 0 Å². The van der Waals surface area contributed by atoms with Crippen molar-refractivity contribution in [2.45, 2.75) is 0 Å². The summed E-state index contributed by atoms with van der Waals surface area (Å²) in [4.78, 5) is 0. The lowest BCUT2D eigenvalue weighted by Crippen LogP contribution is -2.40. The molecule has 2 rings (SSSR count). The van der Waals surface area contributed by atoms with Crippen molar-refractivity contribution in [3.63, 3.8) is 0 Å². The summed E-state index contributed by atoms with van der Waals surface area (Å²) in [6, 6.07) is 0. The van der Waals surface area contributed by atoms with Crippen LogP contribution in [0.1, 0.15) is 0 Å². The van der Waals surface area contributed by atoms with Gasteiger partial charge in [0.05, 0.1) is 26.4 Å². The Morgan fingerprint density at radius 2 is 0.957 bits per heavy atom. The molecular formula is C10H16Br4O7P2. The van der Waals surface area contributed by atoms with Crippen molar-refractivity contribution >= 4 is 79.4 Å². The molecular weight excluding hydrogens is 614 g/mol. The smallest absolute Gasteiger partial charge is 0.286 e. The number of hydrogen-bond donors (Lipinski definition) is 0.